The highest BCUT2D eigenvalue weighted by molar-refractivity contribution is 5.77. The van der Waals surface area contributed by atoms with Crippen LogP contribution >= 0.6 is 0 Å². The minimum atomic E-state index is -0.807. The molecule has 0 bridgehead atoms. The number of carboxylic acid groups (broad SMARTS) is 1. The number of unbranched alkanes of at least 4 members (excludes halogenated alkanes) is 1. The second-order valence-electron chi connectivity index (χ2n) is 3.86. The normalized spacial score (nSPS) is 20.3. The molecule has 0 aromatic carbocycles. The third-order valence-electron chi connectivity index (χ3n) is 2.63. The molecule has 0 radical (unpaired) electrons. The van der Waals surface area contributed by atoms with Gasteiger partial charge < -0.3 is 15.3 Å². The SMILES string of the molecule is CCCCNC(=O)N1CCC(C(=O)O)C1. The number of carbonyl (C=O) groups excluding carboxylic acids is 1. The van der Waals surface area contributed by atoms with Gasteiger partial charge in [-0.15, -0.1) is 0 Å². The van der Waals surface area contributed by atoms with Crippen LogP contribution in [0.15, 0.2) is 0 Å². The minimum absolute atomic E-state index is 0.132. The number of nitrogens with zero attached hydrogens (tertiary/aromatic N) is 1. The number of aliphatic carboxylic acids is 1. The molecule has 5 heteroatoms. The highest BCUT2D eigenvalue weighted by Crippen LogP contribution is 2.15. The van der Waals surface area contributed by atoms with Gasteiger partial charge in [0, 0.05) is 19.6 Å². The van der Waals surface area contributed by atoms with Gasteiger partial charge in [0.15, 0.2) is 0 Å². The number of rotatable bonds is 4. The van der Waals surface area contributed by atoms with Gasteiger partial charge in [-0.2, -0.15) is 0 Å². The fourth-order valence-electron chi connectivity index (χ4n) is 1.63. The van der Waals surface area contributed by atoms with Gasteiger partial charge in [-0.05, 0) is 12.8 Å². The lowest BCUT2D eigenvalue weighted by Crippen LogP contribution is -2.39. The first-order chi connectivity index (χ1) is 7.15. The van der Waals surface area contributed by atoms with Crippen LogP contribution in [0.1, 0.15) is 26.2 Å². The first-order valence-electron chi connectivity index (χ1n) is 5.40. The molecule has 2 N–H and O–H groups in total. The lowest BCUT2D eigenvalue weighted by molar-refractivity contribution is -0.141. The Morgan fingerprint density at radius 3 is 2.80 bits per heavy atom. The second kappa shape index (κ2) is 5.58. The Labute approximate surface area is 89.4 Å². The van der Waals surface area contributed by atoms with Gasteiger partial charge in [0.2, 0.25) is 0 Å². The molecule has 1 heterocycles. The number of urea groups is 1. The third kappa shape index (κ3) is 3.42. The predicted octanol–water partition coefficient (Wildman–Crippen LogP) is 0.903. The second-order valence-corrected chi connectivity index (χ2v) is 3.86. The molecule has 1 fully saturated rings. The zero-order valence-corrected chi connectivity index (χ0v) is 9.03. The van der Waals surface area contributed by atoms with E-state index in [1.807, 2.05) is 0 Å². The van der Waals surface area contributed by atoms with Crippen LogP contribution in [0, 0.1) is 5.92 Å². The quantitative estimate of drug-likeness (QED) is 0.683. The van der Waals surface area contributed by atoms with Crippen LogP contribution in [0.2, 0.25) is 0 Å². The van der Waals surface area contributed by atoms with Crippen molar-refractivity contribution >= 4 is 12.0 Å². The van der Waals surface area contributed by atoms with Crippen molar-refractivity contribution in [3.05, 3.63) is 0 Å². The number of carbonyl (C=O) groups is 2. The maximum Gasteiger partial charge on any atom is 0.317 e. The van der Waals surface area contributed by atoms with E-state index < -0.39 is 5.97 Å². The van der Waals surface area contributed by atoms with E-state index in [0.717, 1.165) is 12.8 Å². The number of amides is 2. The molecule has 0 saturated carbocycles. The molecule has 0 spiro atoms. The standard InChI is InChI=1S/C10H18N2O3/c1-2-3-5-11-10(15)12-6-4-8(7-12)9(13)14/h8H,2-7H2,1H3,(H,11,15)(H,13,14). The molecule has 0 aromatic heterocycles. The van der Waals surface area contributed by atoms with Crippen molar-refractivity contribution in [2.75, 3.05) is 19.6 Å². The molecule has 86 valence electrons. The lowest BCUT2D eigenvalue weighted by atomic mass is 10.1. The third-order valence-corrected chi connectivity index (χ3v) is 2.63. The van der Waals surface area contributed by atoms with Gasteiger partial charge in [-0.25, -0.2) is 4.79 Å². The predicted molar refractivity (Wildman–Crippen MR) is 55.6 cm³/mol. The van der Waals surface area contributed by atoms with Gasteiger partial charge >= 0.3 is 12.0 Å². The van der Waals surface area contributed by atoms with Crippen molar-refractivity contribution in [1.82, 2.24) is 10.2 Å². The smallest absolute Gasteiger partial charge is 0.317 e. The van der Waals surface area contributed by atoms with E-state index in [9.17, 15) is 9.59 Å². The Kier molecular flexibility index (Phi) is 4.39. The average molecular weight is 214 g/mol. The van der Waals surface area contributed by atoms with Crippen LogP contribution in [0.5, 0.6) is 0 Å². The molecular weight excluding hydrogens is 196 g/mol. The van der Waals surface area contributed by atoms with Crippen LogP contribution in [0.4, 0.5) is 4.79 Å². The molecule has 1 atom stereocenters. The van der Waals surface area contributed by atoms with Crippen LogP contribution in [-0.4, -0.2) is 41.6 Å². The van der Waals surface area contributed by atoms with Gasteiger partial charge in [0.1, 0.15) is 0 Å². The maximum atomic E-state index is 11.5. The summed E-state index contributed by atoms with van der Waals surface area (Å²) in [6, 6.07) is -0.132. The van der Waals surface area contributed by atoms with Crippen molar-refractivity contribution in [3.63, 3.8) is 0 Å². The maximum absolute atomic E-state index is 11.5. The molecule has 2 amide bonds. The van der Waals surface area contributed by atoms with E-state index >= 15 is 0 Å². The van der Waals surface area contributed by atoms with Gasteiger partial charge in [-0.1, -0.05) is 13.3 Å². The van der Waals surface area contributed by atoms with E-state index in [0.29, 0.717) is 26.1 Å². The highest BCUT2D eigenvalue weighted by atomic mass is 16.4. The van der Waals surface area contributed by atoms with Gasteiger partial charge in [0.25, 0.3) is 0 Å². The number of nitrogens with one attached hydrogen (secondary N) is 1. The first kappa shape index (κ1) is 11.8. The van der Waals surface area contributed by atoms with E-state index in [1.54, 1.807) is 4.90 Å². The zero-order chi connectivity index (χ0) is 11.3. The lowest BCUT2D eigenvalue weighted by Gasteiger charge is -2.16. The molecular formula is C10H18N2O3. The molecule has 5 nitrogen and oxygen atoms in total. The van der Waals surface area contributed by atoms with Crippen LogP contribution in [0.3, 0.4) is 0 Å². The Morgan fingerprint density at radius 1 is 1.53 bits per heavy atom. The average Bonchev–Trinajstić information content (AvgIpc) is 2.66. The summed E-state index contributed by atoms with van der Waals surface area (Å²) >= 11 is 0. The summed E-state index contributed by atoms with van der Waals surface area (Å²) in [5.74, 6) is -1.19. The Bertz CT molecular complexity index is 243. The number of carboxylic acids is 1. The number of hydrogen-bond donors (Lipinski definition) is 2. The molecule has 0 aromatic rings. The van der Waals surface area contributed by atoms with Crippen molar-refractivity contribution in [3.8, 4) is 0 Å². The molecule has 1 unspecified atom stereocenters. The Hall–Kier alpha value is -1.26. The van der Waals surface area contributed by atoms with E-state index in [2.05, 4.69) is 12.2 Å². The zero-order valence-electron chi connectivity index (χ0n) is 9.03. The first-order valence-corrected chi connectivity index (χ1v) is 5.40. The highest BCUT2D eigenvalue weighted by Gasteiger charge is 2.30. The van der Waals surface area contributed by atoms with Gasteiger partial charge in [-0.3, -0.25) is 4.79 Å². The van der Waals surface area contributed by atoms with E-state index in [1.165, 1.54) is 0 Å². The topological polar surface area (TPSA) is 69.6 Å². The Morgan fingerprint density at radius 2 is 2.27 bits per heavy atom. The largest absolute Gasteiger partial charge is 0.481 e. The van der Waals surface area contributed by atoms with Crippen LogP contribution < -0.4 is 5.32 Å². The fourth-order valence-corrected chi connectivity index (χ4v) is 1.63. The van der Waals surface area contributed by atoms with Crippen molar-refractivity contribution in [2.45, 2.75) is 26.2 Å². The summed E-state index contributed by atoms with van der Waals surface area (Å²) in [6.07, 6.45) is 2.57. The molecule has 1 rings (SSSR count). The van der Waals surface area contributed by atoms with Crippen LogP contribution in [-0.2, 0) is 4.79 Å². The van der Waals surface area contributed by atoms with Crippen molar-refractivity contribution < 1.29 is 14.7 Å². The summed E-state index contributed by atoms with van der Waals surface area (Å²) in [4.78, 5) is 23.8. The molecule has 1 aliphatic heterocycles. The molecule has 1 aliphatic rings. The van der Waals surface area contributed by atoms with E-state index in [-0.39, 0.29) is 11.9 Å². The van der Waals surface area contributed by atoms with Gasteiger partial charge in [0.05, 0.1) is 5.92 Å². The summed E-state index contributed by atoms with van der Waals surface area (Å²) in [7, 11) is 0. The number of hydrogen-bond acceptors (Lipinski definition) is 2. The van der Waals surface area contributed by atoms with Crippen LogP contribution in [0.25, 0.3) is 0 Å². The minimum Gasteiger partial charge on any atom is -0.481 e. The summed E-state index contributed by atoms with van der Waals surface area (Å²) in [6.45, 7) is 3.62. The molecule has 1 saturated heterocycles. The van der Waals surface area contributed by atoms with E-state index in [4.69, 9.17) is 5.11 Å². The summed E-state index contributed by atoms with van der Waals surface area (Å²) in [5, 5.41) is 11.5. The summed E-state index contributed by atoms with van der Waals surface area (Å²) < 4.78 is 0. The Balaban J connectivity index is 2.27. The fraction of sp³-hybridized carbons (Fsp3) is 0.800. The number of likely N-dealkylation sites (tertiary alicyclic amines) is 1. The van der Waals surface area contributed by atoms with Crippen molar-refractivity contribution in [2.24, 2.45) is 5.92 Å². The molecule has 0 aliphatic carbocycles. The summed E-state index contributed by atoms with van der Waals surface area (Å²) in [5.41, 5.74) is 0. The monoisotopic (exact) mass is 214 g/mol. The van der Waals surface area contributed by atoms with Crippen molar-refractivity contribution in [1.29, 1.82) is 0 Å². The molecule has 15 heavy (non-hydrogen) atoms.